The minimum Gasteiger partial charge on any atom is -0.548 e. The van der Waals surface area contributed by atoms with E-state index in [1.807, 2.05) is 13.0 Å². The lowest BCUT2D eigenvalue weighted by Gasteiger charge is -2.34. The number of rotatable bonds is 2. The van der Waals surface area contributed by atoms with Gasteiger partial charge in [-0.15, -0.1) is 0 Å². The number of carboxylic acids is 1. The lowest BCUT2D eigenvalue weighted by atomic mass is 10.1. The number of aryl methyl sites for hydroxylation is 1. The van der Waals surface area contributed by atoms with Crippen LogP contribution >= 0.6 is 0 Å². The summed E-state index contributed by atoms with van der Waals surface area (Å²) in [5, 5.41) is 10.9. The molecule has 0 bridgehead atoms. The number of anilines is 1. The highest BCUT2D eigenvalue weighted by Crippen LogP contribution is 2.33. The van der Waals surface area contributed by atoms with E-state index in [1.165, 1.54) is 11.8 Å². The normalized spacial score (nSPS) is 16.1. The van der Waals surface area contributed by atoms with Gasteiger partial charge in [0.05, 0.1) is 17.7 Å². The summed E-state index contributed by atoms with van der Waals surface area (Å²) in [6.45, 7) is 3.14. The molecule has 17 heavy (non-hydrogen) atoms. The van der Waals surface area contributed by atoms with Crippen LogP contribution in [0, 0.1) is 6.92 Å². The van der Waals surface area contributed by atoms with Gasteiger partial charge in [-0.2, -0.15) is 0 Å². The predicted octanol–water partition coefficient (Wildman–Crippen LogP) is -0.141. The number of amides is 1. The standard InChI is InChI=1S/C12H13NO4/c1-7-3-4-10-9(5-7)13(8(2)12(15)16)11(14)6-17-10/h3-5,8H,6H2,1-2H3,(H,15,16)/p-1/t8-/m1/s1. The molecule has 1 aliphatic heterocycles. The summed E-state index contributed by atoms with van der Waals surface area (Å²) in [4.78, 5) is 23.8. The Bertz CT molecular complexity index is 483. The Morgan fingerprint density at radius 1 is 1.53 bits per heavy atom. The van der Waals surface area contributed by atoms with Crippen molar-refractivity contribution >= 4 is 17.6 Å². The number of benzene rings is 1. The highest BCUT2D eigenvalue weighted by atomic mass is 16.5. The van der Waals surface area contributed by atoms with E-state index in [4.69, 9.17) is 4.74 Å². The fourth-order valence-corrected chi connectivity index (χ4v) is 1.81. The van der Waals surface area contributed by atoms with E-state index >= 15 is 0 Å². The fraction of sp³-hybridized carbons (Fsp3) is 0.333. The Labute approximate surface area is 98.6 Å². The maximum atomic E-state index is 11.7. The van der Waals surface area contributed by atoms with Crippen LogP contribution in [-0.4, -0.2) is 24.5 Å². The first-order valence-corrected chi connectivity index (χ1v) is 5.27. The summed E-state index contributed by atoms with van der Waals surface area (Å²) < 4.78 is 5.25. The van der Waals surface area contributed by atoms with Gasteiger partial charge in [-0.25, -0.2) is 0 Å². The van der Waals surface area contributed by atoms with Gasteiger partial charge in [-0.05, 0) is 31.5 Å². The number of carbonyl (C=O) groups is 2. The van der Waals surface area contributed by atoms with E-state index in [0.29, 0.717) is 11.4 Å². The monoisotopic (exact) mass is 234 g/mol. The molecule has 0 unspecified atom stereocenters. The smallest absolute Gasteiger partial charge is 0.265 e. The Morgan fingerprint density at radius 3 is 2.88 bits per heavy atom. The molecule has 0 radical (unpaired) electrons. The Kier molecular flexibility index (Phi) is 2.75. The first kappa shape index (κ1) is 11.4. The highest BCUT2D eigenvalue weighted by molar-refractivity contribution is 6.02. The molecule has 0 aliphatic carbocycles. The average Bonchev–Trinajstić information content (AvgIpc) is 2.27. The molecule has 0 saturated heterocycles. The van der Waals surface area contributed by atoms with E-state index in [9.17, 15) is 14.7 Å². The minimum absolute atomic E-state index is 0.145. The van der Waals surface area contributed by atoms with E-state index in [2.05, 4.69) is 0 Å². The molecule has 1 aromatic carbocycles. The number of carbonyl (C=O) groups excluding carboxylic acids is 2. The molecular formula is C12H12NO4-. The molecule has 1 amide bonds. The van der Waals surface area contributed by atoms with Crippen molar-refractivity contribution in [2.45, 2.75) is 19.9 Å². The third-order valence-electron chi connectivity index (χ3n) is 2.72. The Balaban J connectivity index is 2.49. The molecule has 1 atom stereocenters. The summed E-state index contributed by atoms with van der Waals surface area (Å²) >= 11 is 0. The summed E-state index contributed by atoms with van der Waals surface area (Å²) in [5.41, 5.74) is 1.41. The second-order valence-electron chi connectivity index (χ2n) is 4.02. The summed E-state index contributed by atoms with van der Waals surface area (Å²) in [7, 11) is 0. The number of fused-ring (bicyclic) bond motifs is 1. The number of nitrogens with zero attached hydrogens (tertiary/aromatic N) is 1. The Morgan fingerprint density at radius 2 is 2.24 bits per heavy atom. The zero-order valence-electron chi connectivity index (χ0n) is 9.60. The van der Waals surface area contributed by atoms with Crippen LogP contribution in [-0.2, 0) is 9.59 Å². The Hall–Kier alpha value is -2.04. The molecule has 5 nitrogen and oxygen atoms in total. The van der Waals surface area contributed by atoms with Crippen molar-refractivity contribution in [2.24, 2.45) is 0 Å². The maximum absolute atomic E-state index is 11.7. The molecule has 1 aromatic rings. The van der Waals surface area contributed by atoms with Gasteiger partial charge in [0.1, 0.15) is 5.75 Å². The zero-order valence-corrected chi connectivity index (χ0v) is 9.60. The van der Waals surface area contributed by atoms with Crippen LogP contribution in [0.5, 0.6) is 5.75 Å². The predicted molar refractivity (Wildman–Crippen MR) is 58.6 cm³/mol. The zero-order chi connectivity index (χ0) is 12.6. The molecule has 0 N–H and O–H groups in total. The molecule has 0 spiro atoms. The minimum atomic E-state index is -1.28. The molecule has 0 aromatic heterocycles. The third kappa shape index (κ3) is 1.95. The lowest BCUT2D eigenvalue weighted by Crippen LogP contribution is -2.52. The van der Waals surface area contributed by atoms with Crippen molar-refractivity contribution in [3.05, 3.63) is 23.8 Å². The topological polar surface area (TPSA) is 69.7 Å². The van der Waals surface area contributed by atoms with Crippen LogP contribution in [0.2, 0.25) is 0 Å². The van der Waals surface area contributed by atoms with Gasteiger partial charge in [-0.1, -0.05) is 6.07 Å². The van der Waals surface area contributed by atoms with Crippen LogP contribution < -0.4 is 14.7 Å². The molecule has 0 saturated carbocycles. The van der Waals surface area contributed by atoms with Crippen molar-refractivity contribution < 1.29 is 19.4 Å². The maximum Gasteiger partial charge on any atom is 0.265 e. The van der Waals surface area contributed by atoms with Gasteiger partial charge in [0.2, 0.25) is 0 Å². The first-order chi connectivity index (χ1) is 8.00. The number of hydrogen-bond donors (Lipinski definition) is 0. The summed E-state index contributed by atoms with van der Waals surface area (Å²) in [6, 6.07) is 4.29. The van der Waals surface area contributed by atoms with Gasteiger partial charge >= 0.3 is 0 Å². The van der Waals surface area contributed by atoms with Crippen molar-refractivity contribution in [3.8, 4) is 5.75 Å². The average molecular weight is 234 g/mol. The van der Waals surface area contributed by atoms with Crippen molar-refractivity contribution in [2.75, 3.05) is 11.5 Å². The van der Waals surface area contributed by atoms with Gasteiger partial charge in [0, 0.05) is 0 Å². The lowest BCUT2D eigenvalue weighted by molar-refractivity contribution is -0.307. The quantitative estimate of drug-likeness (QED) is 0.714. The summed E-state index contributed by atoms with van der Waals surface area (Å²) in [6.07, 6.45) is 0. The molecule has 1 aliphatic rings. The molecule has 0 fully saturated rings. The summed E-state index contributed by atoms with van der Waals surface area (Å²) in [5.74, 6) is -1.14. The van der Waals surface area contributed by atoms with Crippen LogP contribution in [0.3, 0.4) is 0 Å². The van der Waals surface area contributed by atoms with E-state index in [0.717, 1.165) is 5.56 Å². The van der Waals surface area contributed by atoms with Gasteiger partial charge in [-0.3, -0.25) is 9.69 Å². The van der Waals surface area contributed by atoms with Gasteiger partial charge in [0.25, 0.3) is 5.91 Å². The van der Waals surface area contributed by atoms with Crippen LogP contribution in [0.15, 0.2) is 18.2 Å². The number of carboxylic acid groups (broad SMARTS) is 1. The molecule has 1 heterocycles. The first-order valence-electron chi connectivity index (χ1n) is 5.27. The van der Waals surface area contributed by atoms with E-state index in [1.54, 1.807) is 12.1 Å². The van der Waals surface area contributed by atoms with Gasteiger partial charge < -0.3 is 14.6 Å². The second-order valence-corrected chi connectivity index (χ2v) is 4.02. The SMILES string of the molecule is Cc1ccc2c(c1)N([C@H](C)C(=O)[O-])C(=O)CO2. The number of aliphatic carboxylic acids is 1. The van der Waals surface area contributed by atoms with Crippen molar-refractivity contribution in [3.63, 3.8) is 0 Å². The molecule has 5 heteroatoms. The van der Waals surface area contributed by atoms with Crippen LogP contribution in [0.25, 0.3) is 0 Å². The van der Waals surface area contributed by atoms with E-state index in [-0.39, 0.29) is 12.5 Å². The molecule has 90 valence electrons. The third-order valence-corrected chi connectivity index (χ3v) is 2.72. The second kappa shape index (κ2) is 4.08. The number of ether oxygens (including phenoxy) is 1. The van der Waals surface area contributed by atoms with Gasteiger partial charge in [0.15, 0.2) is 6.61 Å². The fourth-order valence-electron chi connectivity index (χ4n) is 1.81. The van der Waals surface area contributed by atoms with Crippen LogP contribution in [0.4, 0.5) is 5.69 Å². The highest BCUT2D eigenvalue weighted by Gasteiger charge is 2.29. The van der Waals surface area contributed by atoms with Crippen molar-refractivity contribution in [1.82, 2.24) is 0 Å². The molecular weight excluding hydrogens is 222 g/mol. The largest absolute Gasteiger partial charge is 0.548 e. The van der Waals surface area contributed by atoms with E-state index < -0.39 is 12.0 Å². The van der Waals surface area contributed by atoms with Crippen LogP contribution in [0.1, 0.15) is 12.5 Å². The number of hydrogen-bond acceptors (Lipinski definition) is 4. The molecule has 2 rings (SSSR count). The van der Waals surface area contributed by atoms with Crippen molar-refractivity contribution in [1.29, 1.82) is 0 Å².